The number of pyridine rings is 1. The molecular formula is C21H20N4O3. The van der Waals surface area contributed by atoms with Gasteiger partial charge < -0.3 is 9.72 Å². The molecule has 7 heteroatoms. The molecule has 28 heavy (non-hydrogen) atoms. The summed E-state index contributed by atoms with van der Waals surface area (Å²) in [4.78, 5) is 29.3. The number of hydroxylamine groups is 1. The number of aryl methyl sites for hydroxylation is 1. The van der Waals surface area contributed by atoms with E-state index in [0.717, 1.165) is 30.5 Å². The van der Waals surface area contributed by atoms with E-state index in [4.69, 9.17) is 0 Å². The maximum atomic E-state index is 12.9. The molecule has 3 aromatic rings. The van der Waals surface area contributed by atoms with Gasteiger partial charge in [0.2, 0.25) is 5.91 Å². The van der Waals surface area contributed by atoms with Gasteiger partial charge in [0.05, 0.1) is 11.1 Å². The van der Waals surface area contributed by atoms with E-state index in [0.29, 0.717) is 29.3 Å². The molecule has 3 heterocycles. The number of hydrogen-bond acceptors (Lipinski definition) is 4. The molecule has 1 aliphatic carbocycles. The second kappa shape index (κ2) is 6.17. The Balaban J connectivity index is 1.44. The number of amides is 2. The summed E-state index contributed by atoms with van der Waals surface area (Å²) in [7, 11) is 0. The van der Waals surface area contributed by atoms with Crippen LogP contribution in [0.4, 0.5) is 5.69 Å². The Morgan fingerprint density at radius 3 is 2.93 bits per heavy atom. The second-order valence-electron chi connectivity index (χ2n) is 7.64. The van der Waals surface area contributed by atoms with Gasteiger partial charge in [0.25, 0.3) is 5.91 Å². The van der Waals surface area contributed by atoms with Crippen molar-refractivity contribution in [3.63, 3.8) is 0 Å². The molecule has 2 aromatic heterocycles. The van der Waals surface area contributed by atoms with Gasteiger partial charge in [-0.2, -0.15) is 5.06 Å². The van der Waals surface area contributed by atoms with Gasteiger partial charge in [0.1, 0.15) is 5.65 Å². The van der Waals surface area contributed by atoms with Crippen LogP contribution in [-0.2, 0) is 17.6 Å². The van der Waals surface area contributed by atoms with Crippen molar-refractivity contribution in [1.82, 2.24) is 14.7 Å². The number of rotatable bonds is 2. The molecule has 0 radical (unpaired) electrons. The summed E-state index contributed by atoms with van der Waals surface area (Å²) in [5.74, 6) is -0.384. The van der Waals surface area contributed by atoms with Crippen molar-refractivity contribution in [2.45, 2.75) is 25.7 Å². The van der Waals surface area contributed by atoms with Crippen molar-refractivity contribution in [1.29, 1.82) is 0 Å². The molecule has 7 nitrogen and oxygen atoms in total. The van der Waals surface area contributed by atoms with Crippen LogP contribution in [0.1, 0.15) is 34.3 Å². The van der Waals surface area contributed by atoms with E-state index in [9.17, 15) is 14.8 Å². The van der Waals surface area contributed by atoms with Crippen LogP contribution in [0.25, 0.3) is 5.65 Å². The average molecular weight is 376 g/mol. The Bertz CT molecular complexity index is 1110. The topological polar surface area (TPSA) is 86.9 Å². The Morgan fingerprint density at radius 2 is 2.11 bits per heavy atom. The first-order valence-corrected chi connectivity index (χ1v) is 9.42. The highest BCUT2D eigenvalue weighted by molar-refractivity contribution is 6.04. The maximum absolute atomic E-state index is 12.9. The minimum absolute atomic E-state index is 0.118. The minimum Gasteiger partial charge on any atom is -0.356 e. The van der Waals surface area contributed by atoms with Crippen molar-refractivity contribution >= 4 is 23.1 Å². The average Bonchev–Trinajstić information content (AvgIpc) is 3.32. The molecule has 2 N–H and O–H groups in total. The molecule has 0 saturated carbocycles. The van der Waals surface area contributed by atoms with Gasteiger partial charge in [-0.3, -0.25) is 14.8 Å². The minimum atomic E-state index is -0.502. The predicted octanol–water partition coefficient (Wildman–Crippen LogP) is 2.37. The fourth-order valence-electron chi connectivity index (χ4n) is 4.39. The summed E-state index contributed by atoms with van der Waals surface area (Å²) >= 11 is 0. The third kappa shape index (κ3) is 2.58. The van der Waals surface area contributed by atoms with Crippen molar-refractivity contribution in [2.24, 2.45) is 5.41 Å². The van der Waals surface area contributed by atoms with Crippen LogP contribution in [-0.4, -0.2) is 33.0 Å². The molecular weight excluding hydrogens is 356 g/mol. The quantitative estimate of drug-likeness (QED) is 0.531. The highest BCUT2D eigenvalue weighted by Crippen LogP contribution is 2.41. The van der Waals surface area contributed by atoms with Crippen LogP contribution in [0.3, 0.4) is 0 Å². The standard InChI is InChI=1S/C21H20N4O3/c26-19(25(28)17-3-4-18-22-9-10-24(18)13-17)15-2-1-14-5-6-21(12-16(14)11-15)7-8-23-20(21)27/h1-4,9-11,13,28H,5-8,12H2,(H,23,27)/t21-/m0/s1. The van der Waals surface area contributed by atoms with Gasteiger partial charge in [-0.25, -0.2) is 4.98 Å². The number of benzene rings is 1. The van der Waals surface area contributed by atoms with Crippen molar-refractivity contribution in [3.05, 3.63) is 65.6 Å². The molecule has 2 aliphatic rings. The maximum Gasteiger partial charge on any atom is 0.282 e. The second-order valence-corrected chi connectivity index (χ2v) is 7.64. The fraction of sp³-hybridized carbons (Fsp3) is 0.286. The molecule has 5 rings (SSSR count). The lowest BCUT2D eigenvalue weighted by molar-refractivity contribution is -0.128. The molecule has 1 atom stereocenters. The smallest absolute Gasteiger partial charge is 0.282 e. The normalized spacial score (nSPS) is 21.0. The number of carbonyl (C=O) groups excluding carboxylic acids is 2. The van der Waals surface area contributed by atoms with Gasteiger partial charge in [0, 0.05) is 30.7 Å². The van der Waals surface area contributed by atoms with Gasteiger partial charge in [0.15, 0.2) is 0 Å². The summed E-state index contributed by atoms with van der Waals surface area (Å²) in [5, 5.41) is 14.1. The van der Waals surface area contributed by atoms with Crippen LogP contribution < -0.4 is 10.4 Å². The number of nitrogens with zero attached hydrogens (tertiary/aromatic N) is 3. The summed E-state index contributed by atoms with van der Waals surface area (Å²) in [6, 6.07) is 8.89. The highest BCUT2D eigenvalue weighted by Gasteiger charge is 2.44. The van der Waals surface area contributed by atoms with Gasteiger partial charge in [-0.1, -0.05) is 6.07 Å². The molecule has 1 spiro atoms. The number of fused-ring (bicyclic) bond motifs is 2. The van der Waals surface area contributed by atoms with Gasteiger partial charge in [-0.15, -0.1) is 0 Å². The largest absolute Gasteiger partial charge is 0.356 e. The van der Waals surface area contributed by atoms with Gasteiger partial charge in [-0.05, 0) is 61.1 Å². The predicted molar refractivity (Wildman–Crippen MR) is 102 cm³/mol. The first-order chi connectivity index (χ1) is 13.6. The Labute approximate surface area is 161 Å². The molecule has 0 unspecified atom stereocenters. The molecule has 1 aliphatic heterocycles. The lowest BCUT2D eigenvalue weighted by Gasteiger charge is -2.32. The van der Waals surface area contributed by atoms with Crippen molar-refractivity contribution < 1.29 is 14.8 Å². The number of hydrogen-bond donors (Lipinski definition) is 2. The number of anilines is 1. The highest BCUT2D eigenvalue weighted by atomic mass is 16.5. The lowest BCUT2D eigenvalue weighted by atomic mass is 9.70. The summed E-state index contributed by atoms with van der Waals surface area (Å²) in [6.45, 7) is 0.716. The number of nitrogens with one attached hydrogen (secondary N) is 1. The van der Waals surface area contributed by atoms with Crippen molar-refractivity contribution in [3.8, 4) is 0 Å². The van der Waals surface area contributed by atoms with E-state index in [1.807, 2.05) is 12.1 Å². The molecule has 142 valence electrons. The number of aromatic nitrogens is 2. The number of imidazole rings is 1. The third-order valence-corrected chi connectivity index (χ3v) is 6.04. The summed E-state index contributed by atoms with van der Waals surface area (Å²) in [5.41, 5.74) is 3.35. The first kappa shape index (κ1) is 16.9. The zero-order chi connectivity index (χ0) is 19.3. The monoisotopic (exact) mass is 376 g/mol. The zero-order valence-electron chi connectivity index (χ0n) is 15.3. The van der Waals surface area contributed by atoms with E-state index in [1.54, 1.807) is 41.2 Å². The van der Waals surface area contributed by atoms with E-state index in [2.05, 4.69) is 10.3 Å². The zero-order valence-corrected chi connectivity index (χ0v) is 15.3. The molecule has 1 fully saturated rings. The Kier molecular flexibility index (Phi) is 3.73. The van der Waals surface area contributed by atoms with E-state index in [-0.39, 0.29) is 11.3 Å². The van der Waals surface area contributed by atoms with E-state index in [1.165, 1.54) is 5.56 Å². The molecule has 2 amide bonds. The molecule has 0 bridgehead atoms. The van der Waals surface area contributed by atoms with Crippen molar-refractivity contribution in [2.75, 3.05) is 11.6 Å². The van der Waals surface area contributed by atoms with Crippen LogP contribution in [0.15, 0.2) is 48.9 Å². The molecule has 1 aromatic carbocycles. The Morgan fingerprint density at radius 1 is 1.21 bits per heavy atom. The van der Waals surface area contributed by atoms with E-state index < -0.39 is 5.91 Å². The lowest BCUT2D eigenvalue weighted by Crippen LogP contribution is -2.36. The van der Waals surface area contributed by atoms with Crippen LogP contribution >= 0.6 is 0 Å². The van der Waals surface area contributed by atoms with Crippen LogP contribution in [0, 0.1) is 5.41 Å². The summed E-state index contributed by atoms with van der Waals surface area (Å²) in [6.07, 6.45) is 8.20. The van der Waals surface area contributed by atoms with E-state index >= 15 is 0 Å². The van der Waals surface area contributed by atoms with Gasteiger partial charge >= 0.3 is 0 Å². The van der Waals surface area contributed by atoms with Crippen LogP contribution in [0.2, 0.25) is 0 Å². The summed E-state index contributed by atoms with van der Waals surface area (Å²) < 4.78 is 1.74. The Hall–Kier alpha value is -3.19. The van der Waals surface area contributed by atoms with Crippen LogP contribution in [0.5, 0.6) is 0 Å². The molecule has 1 saturated heterocycles. The fourth-order valence-corrected chi connectivity index (χ4v) is 4.39. The SMILES string of the molecule is O=C(c1ccc2c(c1)C[C@@]1(CCNC1=O)CC2)N(O)c1ccc2nccn2c1. The first-order valence-electron chi connectivity index (χ1n) is 9.42. The number of carbonyl (C=O) groups is 2. The third-order valence-electron chi connectivity index (χ3n) is 6.04.